The number of likely N-dealkylation sites (tertiary alicyclic amines) is 1. The molecule has 1 rings (SSSR count). The standard InChI is InChI=1S/C9H19NO/c1-8(11-3)9-4-6-10(2)7-5-9/h8-9H,4-7H2,1-3H3. The van der Waals surface area contributed by atoms with Crippen molar-refractivity contribution in [1.82, 2.24) is 4.90 Å². The average molecular weight is 157 g/mol. The predicted molar refractivity (Wildman–Crippen MR) is 46.7 cm³/mol. The van der Waals surface area contributed by atoms with Crippen molar-refractivity contribution < 1.29 is 4.74 Å². The minimum Gasteiger partial charge on any atom is -0.381 e. The summed E-state index contributed by atoms with van der Waals surface area (Å²) in [7, 11) is 4.00. The normalized spacial score (nSPS) is 25.4. The largest absolute Gasteiger partial charge is 0.381 e. The maximum Gasteiger partial charge on any atom is 0.0572 e. The smallest absolute Gasteiger partial charge is 0.0572 e. The van der Waals surface area contributed by atoms with Crippen molar-refractivity contribution in [1.29, 1.82) is 0 Å². The molecule has 1 saturated heterocycles. The second-order valence-corrected chi connectivity index (χ2v) is 3.58. The Kier molecular flexibility index (Phi) is 3.34. The van der Waals surface area contributed by atoms with Gasteiger partial charge in [-0.15, -0.1) is 0 Å². The molecule has 2 heteroatoms. The minimum atomic E-state index is 0.448. The molecule has 11 heavy (non-hydrogen) atoms. The van der Waals surface area contributed by atoms with Crippen molar-refractivity contribution in [2.24, 2.45) is 5.92 Å². The Labute approximate surface area is 69.5 Å². The molecule has 0 radical (unpaired) electrons. The molecule has 1 fully saturated rings. The fourth-order valence-electron chi connectivity index (χ4n) is 1.69. The van der Waals surface area contributed by atoms with Gasteiger partial charge in [-0.25, -0.2) is 0 Å². The minimum absolute atomic E-state index is 0.448. The highest BCUT2D eigenvalue weighted by atomic mass is 16.5. The number of nitrogens with zero attached hydrogens (tertiary/aromatic N) is 1. The first-order chi connectivity index (χ1) is 5.24. The van der Waals surface area contributed by atoms with Crippen LogP contribution in [0.5, 0.6) is 0 Å². The molecule has 0 aliphatic carbocycles. The van der Waals surface area contributed by atoms with Crippen LogP contribution in [0.3, 0.4) is 0 Å². The van der Waals surface area contributed by atoms with E-state index < -0.39 is 0 Å². The Bertz CT molecular complexity index is 108. The van der Waals surface area contributed by atoms with Crippen LogP contribution in [-0.2, 0) is 4.74 Å². The summed E-state index contributed by atoms with van der Waals surface area (Å²) in [6.07, 6.45) is 3.04. The molecule has 0 bridgehead atoms. The zero-order valence-corrected chi connectivity index (χ0v) is 7.84. The molecule has 0 N–H and O–H groups in total. The van der Waals surface area contributed by atoms with E-state index in [1.165, 1.54) is 25.9 Å². The highest BCUT2D eigenvalue weighted by Gasteiger charge is 2.21. The van der Waals surface area contributed by atoms with E-state index >= 15 is 0 Å². The summed E-state index contributed by atoms with van der Waals surface area (Å²) < 4.78 is 5.31. The van der Waals surface area contributed by atoms with Gasteiger partial charge in [-0.1, -0.05) is 0 Å². The fraction of sp³-hybridized carbons (Fsp3) is 1.00. The Morgan fingerprint density at radius 3 is 2.36 bits per heavy atom. The van der Waals surface area contributed by atoms with E-state index in [0.29, 0.717) is 6.10 Å². The van der Waals surface area contributed by atoms with E-state index in [-0.39, 0.29) is 0 Å². The Hall–Kier alpha value is -0.0800. The summed E-state index contributed by atoms with van der Waals surface area (Å²) >= 11 is 0. The lowest BCUT2D eigenvalue weighted by atomic mass is 9.92. The zero-order chi connectivity index (χ0) is 8.27. The monoisotopic (exact) mass is 157 g/mol. The number of methoxy groups -OCH3 is 1. The van der Waals surface area contributed by atoms with Gasteiger partial charge in [0.15, 0.2) is 0 Å². The van der Waals surface area contributed by atoms with Crippen LogP contribution < -0.4 is 0 Å². The number of hydrogen-bond donors (Lipinski definition) is 0. The zero-order valence-electron chi connectivity index (χ0n) is 7.84. The summed E-state index contributed by atoms with van der Waals surface area (Å²) in [6.45, 7) is 4.65. The summed E-state index contributed by atoms with van der Waals surface area (Å²) in [5, 5.41) is 0. The van der Waals surface area contributed by atoms with E-state index in [4.69, 9.17) is 4.74 Å². The maximum atomic E-state index is 5.31. The lowest BCUT2D eigenvalue weighted by Gasteiger charge is -2.31. The third-order valence-electron chi connectivity index (χ3n) is 2.80. The van der Waals surface area contributed by atoms with Crippen LogP contribution in [0, 0.1) is 5.92 Å². The van der Waals surface area contributed by atoms with Crippen LogP contribution in [0.25, 0.3) is 0 Å². The molecule has 0 aromatic rings. The molecule has 66 valence electrons. The van der Waals surface area contributed by atoms with Crippen LogP contribution in [0.4, 0.5) is 0 Å². The fourth-order valence-corrected chi connectivity index (χ4v) is 1.69. The van der Waals surface area contributed by atoms with Crippen LogP contribution in [-0.4, -0.2) is 38.3 Å². The third kappa shape index (κ3) is 2.46. The topological polar surface area (TPSA) is 12.5 Å². The van der Waals surface area contributed by atoms with Crippen LogP contribution >= 0.6 is 0 Å². The van der Waals surface area contributed by atoms with Crippen LogP contribution in [0.1, 0.15) is 19.8 Å². The maximum absolute atomic E-state index is 5.31. The van der Waals surface area contributed by atoms with Gasteiger partial charge in [-0.2, -0.15) is 0 Å². The summed E-state index contributed by atoms with van der Waals surface area (Å²) in [5.41, 5.74) is 0. The van der Waals surface area contributed by atoms with Gasteiger partial charge < -0.3 is 9.64 Å². The molecule has 1 aliphatic heterocycles. The average Bonchev–Trinajstić information content (AvgIpc) is 2.05. The second-order valence-electron chi connectivity index (χ2n) is 3.58. The Morgan fingerprint density at radius 1 is 1.36 bits per heavy atom. The van der Waals surface area contributed by atoms with Gasteiger partial charge in [0, 0.05) is 7.11 Å². The van der Waals surface area contributed by atoms with Gasteiger partial charge in [-0.3, -0.25) is 0 Å². The van der Waals surface area contributed by atoms with Gasteiger partial charge in [0.2, 0.25) is 0 Å². The quantitative estimate of drug-likeness (QED) is 0.600. The number of ether oxygens (including phenoxy) is 1. The SMILES string of the molecule is COC(C)C1CCN(C)CC1. The van der Waals surface area contributed by atoms with Gasteiger partial charge >= 0.3 is 0 Å². The number of hydrogen-bond acceptors (Lipinski definition) is 2. The van der Waals surface area contributed by atoms with Crippen molar-refractivity contribution in [3.63, 3.8) is 0 Å². The lowest BCUT2D eigenvalue weighted by molar-refractivity contribution is 0.0383. The van der Waals surface area contributed by atoms with E-state index in [0.717, 1.165) is 5.92 Å². The molecule has 0 saturated carbocycles. The molecule has 1 unspecified atom stereocenters. The highest BCUT2D eigenvalue weighted by Crippen LogP contribution is 2.20. The predicted octanol–water partition coefficient (Wildman–Crippen LogP) is 1.36. The van der Waals surface area contributed by atoms with E-state index in [1.807, 2.05) is 7.11 Å². The molecular weight excluding hydrogens is 138 g/mol. The van der Waals surface area contributed by atoms with E-state index in [2.05, 4.69) is 18.9 Å². The van der Waals surface area contributed by atoms with Crippen LogP contribution in [0.2, 0.25) is 0 Å². The van der Waals surface area contributed by atoms with Gasteiger partial charge in [-0.05, 0) is 45.8 Å². The van der Waals surface area contributed by atoms with Crippen LogP contribution in [0.15, 0.2) is 0 Å². The first-order valence-electron chi connectivity index (χ1n) is 4.45. The molecule has 0 aromatic carbocycles. The Balaban J connectivity index is 2.27. The molecule has 1 atom stereocenters. The summed E-state index contributed by atoms with van der Waals surface area (Å²) in [4.78, 5) is 2.39. The summed E-state index contributed by atoms with van der Waals surface area (Å²) in [5.74, 6) is 0.788. The number of piperidine rings is 1. The molecule has 1 aliphatic rings. The van der Waals surface area contributed by atoms with Crippen molar-refractivity contribution in [2.75, 3.05) is 27.2 Å². The van der Waals surface area contributed by atoms with Gasteiger partial charge in [0.25, 0.3) is 0 Å². The van der Waals surface area contributed by atoms with Crippen molar-refractivity contribution in [3.05, 3.63) is 0 Å². The van der Waals surface area contributed by atoms with Gasteiger partial charge in [0.05, 0.1) is 6.10 Å². The van der Waals surface area contributed by atoms with Crippen molar-refractivity contribution in [2.45, 2.75) is 25.9 Å². The summed E-state index contributed by atoms with van der Waals surface area (Å²) in [6, 6.07) is 0. The second kappa shape index (κ2) is 4.07. The van der Waals surface area contributed by atoms with E-state index in [1.54, 1.807) is 0 Å². The Morgan fingerprint density at radius 2 is 1.91 bits per heavy atom. The molecule has 0 spiro atoms. The molecule has 0 aromatic heterocycles. The molecule has 0 amide bonds. The van der Waals surface area contributed by atoms with Crippen molar-refractivity contribution >= 4 is 0 Å². The molecular formula is C9H19NO. The molecule has 1 heterocycles. The first kappa shape index (κ1) is 9.01. The van der Waals surface area contributed by atoms with Gasteiger partial charge in [0.1, 0.15) is 0 Å². The first-order valence-corrected chi connectivity index (χ1v) is 4.45. The highest BCUT2D eigenvalue weighted by molar-refractivity contribution is 4.74. The molecule has 2 nitrogen and oxygen atoms in total. The lowest BCUT2D eigenvalue weighted by Crippen LogP contribution is -2.35. The van der Waals surface area contributed by atoms with E-state index in [9.17, 15) is 0 Å². The third-order valence-corrected chi connectivity index (χ3v) is 2.80. The van der Waals surface area contributed by atoms with Crippen molar-refractivity contribution in [3.8, 4) is 0 Å². The number of rotatable bonds is 2.